The van der Waals surface area contributed by atoms with Crippen LogP contribution < -0.4 is 4.74 Å². The van der Waals surface area contributed by atoms with Gasteiger partial charge >= 0.3 is 0 Å². The van der Waals surface area contributed by atoms with Crippen molar-refractivity contribution in [2.45, 2.75) is 73.2 Å². The van der Waals surface area contributed by atoms with E-state index in [1.54, 1.807) is 0 Å². The highest BCUT2D eigenvalue weighted by molar-refractivity contribution is 6.16. The molecule has 1 unspecified atom stereocenters. The topological polar surface area (TPSA) is 9.23 Å². The Hall–Kier alpha value is -1.96. The monoisotopic (exact) mass is 360 g/mol. The van der Waals surface area contributed by atoms with Crippen LogP contribution in [0.1, 0.15) is 76.3 Å². The minimum absolute atomic E-state index is 0.0372. The van der Waals surface area contributed by atoms with Crippen LogP contribution in [0.2, 0.25) is 0 Å². The summed E-state index contributed by atoms with van der Waals surface area (Å²) in [4.78, 5) is 0. The van der Waals surface area contributed by atoms with Crippen LogP contribution in [0.4, 0.5) is 0 Å². The number of rotatable bonds is 0. The highest BCUT2D eigenvalue weighted by atomic mass is 16.5. The van der Waals surface area contributed by atoms with Crippen molar-refractivity contribution in [2.75, 3.05) is 0 Å². The van der Waals surface area contributed by atoms with Gasteiger partial charge in [0, 0.05) is 11.0 Å². The predicted octanol–water partition coefficient (Wildman–Crippen LogP) is 6.95. The maximum absolute atomic E-state index is 6.20. The van der Waals surface area contributed by atoms with Crippen LogP contribution in [0.25, 0.3) is 17.2 Å². The summed E-state index contributed by atoms with van der Waals surface area (Å²) < 4.78 is 6.14. The molecule has 0 spiro atoms. The average molecular weight is 360 g/mol. The zero-order valence-corrected chi connectivity index (χ0v) is 18.4. The second kappa shape index (κ2) is 7.58. The van der Waals surface area contributed by atoms with Crippen LogP contribution >= 0.6 is 0 Å². The Morgan fingerprint density at radius 2 is 1.48 bits per heavy atom. The van der Waals surface area contributed by atoms with E-state index in [4.69, 9.17) is 12.6 Å². The van der Waals surface area contributed by atoms with Crippen LogP contribution in [0, 0.1) is 13.8 Å². The zero-order valence-electron chi connectivity index (χ0n) is 18.4. The highest BCUT2D eigenvalue weighted by Crippen LogP contribution is 2.55. The van der Waals surface area contributed by atoms with E-state index in [0.29, 0.717) is 0 Å². The normalized spacial score (nSPS) is 20.0. The minimum Gasteiger partial charge on any atom is -0.493 e. The molecule has 0 saturated heterocycles. The fraction of sp³-hybridized carbons (Fsp3) is 0.440. The SMILES string of the molecule is CC.CC.[B]C1(C)C=Cc2c(c(C)c(C)c3c2C(C)(C)c2ccccc2-3)O1. The molecule has 1 aliphatic carbocycles. The van der Waals surface area contributed by atoms with E-state index < -0.39 is 5.50 Å². The predicted molar refractivity (Wildman–Crippen MR) is 120 cm³/mol. The molecule has 2 aliphatic rings. The summed E-state index contributed by atoms with van der Waals surface area (Å²) in [5.41, 5.74) is 8.37. The molecule has 2 heteroatoms. The molecule has 2 radical (unpaired) electrons. The third-order valence-electron chi connectivity index (χ3n) is 5.44. The quantitative estimate of drug-likeness (QED) is 0.462. The average Bonchev–Trinajstić information content (AvgIpc) is 2.90. The summed E-state index contributed by atoms with van der Waals surface area (Å²) in [7, 11) is 6.20. The van der Waals surface area contributed by atoms with Crippen LogP contribution in [0.15, 0.2) is 30.3 Å². The van der Waals surface area contributed by atoms with Crippen molar-refractivity contribution in [2.24, 2.45) is 0 Å². The lowest BCUT2D eigenvalue weighted by molar-refractivity contribution is 0.222. The summed E-state index contributed by atoms with van der Waals surface area (Å²) in [5, 5.41) is 0. The standard InChI is InChI=1S/C21H21BO.2C2H6/c1-12-13(2)19-15(10-11-21(5,22)23-19)18-17(12)14-8-6-7-9-16(14)20(18,3)4;2*1-2/h6-11H,1-5H3;2*1-2H3. The van der Waals surface area contributed by atoms with Crippen molar-refractivity contribution in [3.8, 4) is 16.9 Å². The van der Waals surface area contributed by atoms with Crippen molar-refractivity contribution >= 4 is 13.9 Å². The van der Waals surface area contributed by atoms with E-state index in [2.05, 4.69) is 58.0 Å². The van der Waals surface area contributed by atoms with Crippen molar-refractivity contribution < 1.29 is 4.74 Å². The smallest absolute Gasteiger partial charge is 0.137 e. The van der Waals surface area contributed by atoms with Gasteiger partial charge in [-0.15, -0.1) is 0 Å². The first-order chi connectivity index (χ1) is 12.7. The lowest BCUT2D eigenvalue weighted by atomic mass is 9.75. The second-order valence-corrected chi connectivity index (χ2v) is 7.53. The van der Waals surface area contributed by atoms with Gasteiger partial charge in [0.1, 0.15) is 13.6 Å². The second-order valence-electron chi connectivity index (χ2n) is 7.53. The fourth-order valence-electron chi connectivity index (χ4n) is 4.16. The van der Waals surface area contributed by atoms with Gasteiger partial charge in [0.25, 0.3) is 0 Å². The molecular weight excluding hydrogens is 327 g/mol. The van der Waals surface area contributed by atoms with E-state index in [1.807, 2.05) is 40.7 Å². The summed E-state index contributed by atoms with van der Waals surface area (Å²) in [6, 6.07) is 8.74. The van der Waals surface area contributed by atoms with Gasteiger partial charge in [-0.25, -0.2) is 0 Å². The zero-order chi connectivity index (χ0) is 20.6. The lowest BCUT2D eigenvalue weighted by Gasteiger charge is -2.34. The number of hydrogen-bond acceptors (Lipinski definition) is 1. The van der Waals surface area contributed by atoms with Crippen LogP contribution in [-0.2, 0) is 5.41 Å². The molecule has 0 fully saturated rings. The molecule has 0 saturated carbocycles. The number of benzene rings is 2. The van der Waals surface area contributed by atoms with Crippen molar-refractivity contribution in [3.63, 3.8) is 0 Å². The Bertz CT molecular complexity index is 872. The molecule has 1 nitrogen and oxygen atoms in total. The molecule has 2 aromatic carbocycles. The van der Waals surface area contributed by atoms with Gasteiger partial charge in [-0.05, 0) is 54.2 Å². The molecule has 2 aromatic rings. The summed E-state index contributed by atoms with van der Waals surface area (Å²) >= 11 is 0. The Balaban J connectivity index is 0.000000614. The lowest BCUT2D eigenvalue weighted by Crippen LogP contribution is -2.33. The maximum atomic E-state index is 6.20. The van der Waals surface area contributed by atoms with Crippen molar-refractivity contribution in [3.05, 3.63) is 58.2 Å². The fourth-order valence-corrected chi connectivity index (χ4v) is 4.16. The number of fused-ring (bicyclic) bond motifs is 5. The molecule has 0 aromatic heterocycles. The Morgan fingerprint density at radius 1 is 0.889 bits per heavy atom. The van der Waals surface area contributed by atoms with Gasteiger partial charge in [-0.1, -0.05) is 78.0 Å². The van der Waals surface area contributed by atoms with E-state index in [9.17, 15) is 0 Å². The molecule has 27 heavy (non-hydrogen) atoms. The first-order valence-corrected chi connectivity index (χ1v) is 10.2. The highest BCUT2D eigenvalue weighted by Gasteiger charge is 2.41. The molecular formula is C25H33BO. The van der Waals surface area contributed by atoms with E-state index in [1.165, 1.54) is 38.9 Å². The van der Waals surface area contributed by atoms with Gasteiger partial charge in [0.15, 0.2) is 0 Å². The summed E-state index contributed by atoms with van der Waals surface area (Å²) in [6.45, 7) is 18.8. The third kappa shape index (κ3) is 3.24. The van der Waals surface area contributed by atoms with Crippen LogP contribution in [0.3, 0.4) is 0 Å². The molecule has 4 rings (SSSR count). The van der Waals surface area contributed by atoms with Gasteiger partial charge in [0.05, 0.1) is 5.50 Å². The van der Waals surface area contributed by atoms with Crippen molar-refractivity contribution in [1.82, 2.24) is 0 Å². The van der Waals surface area contributed by atoms with E-state index in [0.717, 1.165) is 5.75 Å². The summed E-state index contributed by atoms with van der Waals surface area (Å²) in [5.74, 6) is 0.939. The molecule has 0 N–H and O–H groups in total. The third-order valence-corrected chi connectivity index (χ3v) is 5.44. The van der Waals surface area contributed by atoms with E-state index in [-0.39, 0.29) is 5.41 Å². The maximum Gasteiger partial charge on any atom is 0.137 e. The first kappa shape index (κ1) is 21.3. The molecule has 1 atom stereocenters. The van der Waals surface area contributed by atoms with Gasteiger partial charge in [0.2, 0.25) is 0 Å². The van der Waals surface area contributed by atoms with Crippen LogP contribution in [-0.4, -0.2) is 13.3 Å². The largest absolute Gasteiger partial charge is 0.493 e. The van der Waals surface area contributed by atoms with Gasteiger partial charge < -0.3 is 4.74 Å². The Kier molecular flexibility index (Phi) is 5.99. The minimum atomic E-state index is -0.742. The Labute approximate surface area is 167 Å². The number of ether oxygens (including phenoxy) is 1. The van der Waals surface area contributed by atoms with Gasteiger partial charge in [-0.2, -0.15) is 0 Å². The first-order valence-electron chi connectivity index (χ1n) is 10.2. The molecule has 1 aliphatic heterocycles. The molecule has 0 bridgehead atoms. The molecule has 0 amide bonds. The van der Waals surface area contributed by atoms with Gasteiger partial charge in [-0.3, -0.25) is 0 Å². The summed E-state index contributed by atoms with van der Waals surface area (Å²) in [6.07, 6.45) is 4.11. The Morgan fingerprint density at radius 3 is 2.11 bits per heavy atom. The van der Waals surface area contributed by atoms with Crippen LogP contribution in [0.5, 0.6) is 5.75 Å². The number of hydrogen-bond donors (Lipinski definition) is 0. The van der Waals surface area contributed by atoms with E-state index >= 15 is 0 Å². The van der Waals surface area contributed by atoms with Crippen molar-refractivity contribution in [1.29, 1.82) is 0 Å². The molecule has 1 heterocycles. The molecule has 142 valence electrons.